The lowest BCUT2D eigenvalue weighted by atomic mass is 10.2. The van der Waals surface area contributed by atoms with E-state index in [2.05, 4.69) is 10.4 Å². The summed E-state index contributed by atoms with van der Waals surface area (Å²) >= 11 is 0. The molecule has 6 heteroatoms. The fourth-order valence-corrected chi connectivity index (χ4v) is 1.59. The Labute approximate surface area is 111 Å². The van der Waals surface area contributed by atoms with Crippen LogP contribution in [0.25, 0.3) is 0 Å². The van der Waals surface area contributed by atoms with Crippen molar-refractivity contribution in [2.24, 2.45) is 0 Å². The second-order valence-electron chi connectivity index (χ2n) is 3.61. The van der Waals surface area contributed by atoms with E-state index in [1.165, 1.54) is 0 Å². The lowest BCUT2D eigenvalue weighted by Crippen LogP contribution is -2.17. The SMILES string of the molecule is CCn1nccc1C(=O)Nc1cccc(N)c1.Cl. The molecule has 2 rings (SSSR count). The van der Waals surface area contributed by atoms with Gasteiger partial charge in [-0.3, -0.25) is 9.48 Å². The lowest BCUT2D eigenvalue weighted by molar-refractivity contribution is 0.101. The van der Waals surface area contributed by atoms with Gasteiger partial charge in [0.05, 0.1) is 0 Å². The van der Waals surface area contributed by atoms with E-state index < -0.39 is 0 Å². The normalized spacial score (nSPS) is 9.61. The smallest absolute Gasteiger partial charge is 0.273 e. The largest absolute Gasteiger partial charge is 0.399 e. The summed E-state index contributed by atoms with van der Waals surface area (Å²) in [5.41, 5.74) is 7.47. The number of benzene rings is 1. The van der Waals surface area contributed by atoms with Crippen molar-refractivity contribution >= 4 is 29.7 Å². The fraction of sp³-hybridized carbons (Fsp3) is 0.167. The van der Waals surface area contributed by atoms with Crippen molar-refractivity contribution in [2.45, 2.75) is 13.5 Å². The number of nitrogens with one attached hydrogen (secondary N) is 1. The maximum Gasteiger partial charge on any atom is 0.273 e. The quantitative estimate of drug-likeness (QED) is 0.836. The van der Waals surface area contributed by atoms with Crippen LogP contribution in [0.3, 0.4) is 0 Å². The van der Waals surface area contributed by atoms with E-state index in [4.69, 9.17) is 5.73 Å². The predicted molar refractivity (Wildman–Crippen MR) is 74.0 cm³/mol. The summed E-state index contributed by atoms with van der Waals surface area (Å²) in [6, 6.07) is 8.75. The van der Waals surface area contributed by atoms with Gasteiger partial charge in [-0.05, 0) is 31.2 Å². The van der Waals surface area contributed by atoms with Crippen LogP contribution >= 0.6 is 12.4 Å². The number of aromatic nitrogens is 2. The Morgan fingerprint density at radius 3 is 2.89 bits per heavy atom. The number of amides is 1. The topological polar surface area (TPSA) is 72.9 Å². The van der Waals surface area contributed by atoms with Gasteiger partial charge in [-0.2, -0.15) is 5.10 Å². The van der Waals surface area contributed by atoms with Crippen LogP contribution in [0.1, 0.15) is 17.4 Å². The number of hydrogen-bond donors (Lipinski definition) is 2. The Morgan fingerprint density at radius 2 is 2.22 bits per heavy atom. The number of hydrogen-bond acceptors (Lipinski definition) is 3. The molecule has 0 spiro atoms. The average Bonchev–Trinajstić information content (AvgIpc) is 2.77. The Morgan fingerprint density at radius 1 is 1.44 bits per heavy atom. The molecule has 96 valence electrons. The molecular formula is C12H15ClN4O. The van der Waals surface area contributed by atoms with Gasteiger partial charge in [0.2, 0.25) is 0 Å². The highest BCUT2D eigenvalue weighted by Gasteiger charge is 2.10. The fourth-order valence-electron chi connectivity index (χ4n) is 1.59. The summed E-state index contributed by atoms with van der Waals surface area (Å²) in [6.45, 7) is 2.59. The second kappa shape index (κ2) is 6.07. The van der Waals surface area contributed by atoms with E-state index in [-0.39, 0.29) is 18.3 Å². The molecule has 0 aliphatic rings. The number of aryl methyl sites for hydroxylation is 1. The van der Waals surface area contributed by atoms with Crippen molar-refractivity contribution in [1.82, 2.24) is 9.78 Å². The number of nitrogen functional groups attached to an aromatic ring is 1. The molecule has 1 aromatic carbocycles. The number of nitrogens with zero attached hydrogens (tertiary/aromatic N) is 2. The van der Waals surface area contributed by atoms with Gasteiger partial charge in [0, 0.05) is 24.1 Å². The first-order valence-electron chi connectivity index (χ1n) is 5.39. The van der Waals surface area contributed by atoms with Gasteiger partial charge in [-0.15, -0.1) is 12.4 Å². The minimum Gasteiger partial charge on any atom is -0.399 e. The third-order valence-corrected chi connectivity index (χ3v) is 2.39. The molecule has 1 aromatic heterocycles. The van der Waals surface area contributed by atoms with Crippen LogP contribution < -0.4 is 11.1 Å². The third kappa shape index (κ3) is 3.01. The predicted octanol–water partition coefficient (Wildman–Crippen LogP) is 2.16. The van der Waals surface area contributed by atoms with Crippen molar-refractivity contribution in [3.8, 4) is 0 Å². The summed E-state index contributed by atoms with van der Waals surface area (Å²) in [6.07, 6.45) is 1.61. The van der Waals surface area contributed by atoms with Gasteiger partial charge >= 0.3 is 0 Å². The lowest BCUT2D eigenvalue weighted by Gasteiger charge is -2.07. The third-order valence-electron chi connectivity index (χ3n) is 2.39. The van der Waals surface area contributed by atoms with Gasteiger partial charge < -0.3 is 11.1 Å². The average molecular weight is 267 g/mol. The van der Waals surface area contributed by atoms with Crippen LogP contribution in [0, 0.1) is 0 Å². The van der Waals surface area contributed by atoms with E-state index >= 15 is 0 Å². The minimum atomic E-state index is -0.185. The van der Waals surface area contributed by atoms with Crippen molar-refractivity contribution < 1.29 is 4.79 Å². The Balaban J connectivity index is 0.00000162. The molecule has 1 heterocycles. The molecule has 2 aromatic rings. The number of nitrogens with two attached hydrogens (primary N) is 1. The van der Waals surface area contributed by atoms with Gasteiger partial charge in [0.25, 0.3) is 5.91 Å². The monoisotopic (exact) mass is 266 g/mol. The van der Waals surface area contributed by atoms with Gasteiger partial charge in [0.1, 0.15) is 5.69 Å². The van der Waals surface area contributed by atoms with Crippen LogP contribution in [0.4, 0.5) is 11.4 Å². The van der Waals surface area contributed by atoms with Gasteiger partial charge in [0.15, 0.2) is 0 Å². The van der Waals surface area contributed by atoms with E-state index in [1.807, 2.05) is 6.92 Å². The van der Waals surface area contributed by atoms with E-state index in [9.17, 15) is 4.79 Å². The summed E-state index contributed by atoms with van der Waals surface area (Å²) in [5.74, 6) is -0.185. The highest BCUT2D eigenvalue weighted by Crippen LogP contribution is 2.13. The molecule has 0 fully saturated rings. The van der Waals surface area contributed by atoms with Crippen molar-refractivity contribution in [3.63, 3.8) is 0 Å². The van der Waals surface area contributed by atoms with E-state index in [0.29, 0.717) is 23.6 Å². The van der Waals surface area contributed by atoms with Crippen LogP contribution in [-0.4, -0.2) is 15.7 Å². The second-order valence-corrected chi connectivity index (χ2v) is 3.61. The molecule has 18 heavy (non-hydrogen) atoms. The number of rotatable bonds is 3. The van der Waals surface area contributed by atoms with Crippen LogP contribution in [0.2, 0.25) is 0 Å². The van der Waals surface area contributed by atoms with E-state index in [0.717, 1.165) is 0 Å². The molecule has 0 radical (unpaired) electrons. The Hall–Kier alpha value is -2.01. The zero-order chi connectivity index (χ0) is 12.3. The summed E-state index contributed by atoms with van der Waals surface area (Å²) in [7, 11) is 0. The zero-order valence-electron chi connectivity index (χ0n) is 9.96. The number of carbonyl (C=O) groups is 1. The summed E-state index contributed by atoms with van der Waals surface area (Å²) < 4.78 is 1.64. The first kappa shape index (κ1) is 14.1. The molecule has 1 amide bonds. The van der Waals surface area contributed by atoms with Crippen molar-refractivity contribution in [2.75, 3.05) is 11.1 Å². The van der Waals surface area contributed by atoms with Crippen LogP contribution in [-0.2, 0) is 6.54 Å². The molecule has 0 unspecified atom stereocenters. The molecule has 0 saturated carbocycles. The summed E-state index contributed by atoms with van der Waals surface area (Å²) in [4.78, 5) is 12.0. The Bertz CT molecular complexity index is 538. The maximum atomic E-state index is 12.0. The van der Waals surface area contributed by atoms with Crippen molar-refractivity contribution in [3.05, 3.63) is 42.2 Å². The zero-order valence-corrected chi connectivity index (χ0v) is 10.8. The van der Waals surface area contributed by atoms with Gasteiger partial charge in [-0.25, -0.2) is 0 Å². The van der Waals surface area contributed by atoms with Gasteiger partial charge in [-0.1, -0.05) is 6.07 Å². The Kier molecular flexibility index (Phi) is 4.74. The molecule has 0 bridgehead atoms. The van der Waals surface area contributed by atoms with E-state index in [1.54, 1.807) is 41.2 Å². The molecule has 0 saturated heterocycles. The molecular weight excluding hydrogens is 252 g/mol. The van der Waals surface area contributed by atoms with Crippen LogP contribution in [0.5, 0.6) is 0 Å². The standard InChI is InChI=1S/C12H14N4O.ClH/c1-2-16-11(6-7-14-16)12(17)15-10-5-3-4-9(13)8-10;/h3-8H,2,13H2,1H3,(H,15,17);1H. The number of carbonyl (C=O) groups excluding carboxylic acids is 1. The minimum absolute atomic E-state index is 0. The molecule has 0 aliphatic carbocycles. The molecule has 5 nitrogen and oxygen atoms in total. The maximum absolute atomic E-state index is 12.0. The highest BCUT2D eigenvalue weighted by molar-refractivity contribution is 6.03. The first-order chi connectivity index (χ1) is 8.20. The molecule has 3 N–H and O–H groups in total. The van der Waals surface area contributed by atoms with Crippen LogP contribution in [0.15, 0.2) is 36.5 Å². The summed E-state index contributed by atoms with van der Waals surface area (Å²) in [5, 5.41) is 6.83. The molecule has 0 aliphatic heterocycles. The molecule has 0 atom stereocenters. The number of anilines is 2. The number of halogens is 1. The first-order valence-corrected chi connectivity index (χ1v) is 5.39. The highest BCUT2D eigenvalue weighted by atomic mass is 35.5. The van der Waals surface area contributed by atoms with Crippen molar-refractivity contribution in [1.29, 1.82) is 0 Å².